The van der Waals surface area contributed by atoms with Gasteiger partial charge in [0.1, 0.15) is 0 Å². The van der Waals surface area contributed by atoms with Gasteiger partial charge >= 0.3 is 0 Å². The Kier molecular flexibility index (Phi) is 9.42. The van der Waals surface area contributed by atoms with Crippen LogP contribution in [0.25, 0.3) is 78.8 Å². The van der Waals surface area contributed by atoms with Gasteiger partial charge < -0.3 is 4.98 Å². The first kappa shape index (κ1) is 42.1. The van der Waals surface area contributed by atoms with E-state index < -0.39 is 0 Å². The zero-order valence-corrected chi connectivity index (χ0v) is 40.8. The topological polar surface area (TPSA) is 51.6 Å². The molecule has 0 bridgehead atoms. The first-order valence-corrected chi connectivity index (χ1v) is 22.4. The Morgan fingerprint density at radius 1 is 0.391 bits per heavy atom. The molecule has 8 aromatic rings. The molecule has 0 spiro atoms. The minimum atomic E-state index is -0.0853. The average molecular weight is 1010 g/mol. The molecule has 6 aromatic carbocycles. The molecule has 0 atom stereocenters. The molecule has 0 amide bonds. The number of hydrogen-bond donors (Lipinski definition) is 0. The summed E-state index contributed by atoms with van der Waals surface area (Å²) in [6.45, 7) is 23.5. The predicted octanol–water partition coefficient (Wildman–Crippen LogP) is 14.6. The number of benzene rings is 6. The molecule has 0 N–H and O–H groups in total. The van der Waals surface area contributed by atoms with E-state index in [1.54, 1.807) is 0 Å². The van der Waals surface area contributed by atoms with Gasteiger partial charge in [0.05, 0.1) is 0 Å². The summed E-state index contributed by atoms with van der Waals surface area (Å²) in [5, 5.41) is 0. The molecule has 5 heteroatoms. The Balaban J connectivity index is 0.00000484. The Morgan fingerprint density at radius 3 is 1.34 bits per heavy atom. The van der Waals surface area contributed by atoms with Gasteiger partial charge in [-0.2, -0.15) is 0 Å². The molecule has 3 aliphatic carbocycles. The molecule has 64 heavy (non-hydrogen) atoms. The number of fused-ring (bicyclic) bond motifs is 7. The largest absolute Gasteiger partial charge is 0.304 e. The summed E-state index contributed by atoms with van der Waals surface area (Å²) >= 11 is 0. The van der Waals surface area contributed by atoms with Crippen molar-refractivity contribution in [3.63, 3.8) is 0 Å². The maximum absolute atomic E-state index is 5.24. The van der Waals surface area contributed by atoms with Crippen molar-refractivity contribution in [3.05, 3.63) is 179 Å². The van der Waals surface area contributed by atoms with Crippen molar-refractivity contribution < 1.29 is 20.1 Å². The van der Waals surface area contributed by atoms with Crippen molar-refractivity contribution >= 4 is 0 Å². The van der Waals surface area contributed by atoms with Crippen molar-refractivity contribution in [2.45, 2.75) is 90.9 Å². The summed E-state index contributed by atoms with van der Waals surface area (Å²) in [5.74, 6) is 1.95. The molecular weight excluding hydrogens is 957 g/mol. The maximum atomic E-state index is 5.24. The van der Waals surface area contributed by atoms with E-state index in [-0.39, 0.29) is 47.2 Å². The van der Waals surface area contributed by atoms with Gasteiger partial charge in [-0.1, -0.05) is 178 Å². The van der Waals surface area contributed by atoms with E-state index in [4.69, 9.17) is 19.9 Å². The van der Waals surface area contributed by atoms with Crippen molar-refractivity contribution in [2.24, 2.45) is 5.41 Å². The van der Waals surface area contributed by atoms with Crippen molar-refractivity contribution in [3.8, 4) is 78.8 Å². The number of aromatic nitrogens is 4. The van der Waals surface area contributed by atoms with Gasteiger partial charge in [-0.15, -0.1) is 34.9 Å². The van der Waals surface area contributed by atoms with Crippen LogP contribution in [0.3, 0.4) is 0 Å². The smallest absolute Gasteiger partial charge is 0.164 e. The maximum Gasteiger partial charge on any atom is 0.164 e. The number of hydrogen-bond acceptors (Lipinski definition) is 4. The van der Waals surface area contributed by atoms with Crippen LogP contribution >= 0.6 is 0 Å². The molecule has 11 rings (SSSR count). The molecule has 0 aliphatic heterocycles. The number of rotatable bonds is 5. The van der Waals surface area contributed by atoms with Gasteiger partial charge in [-0.05, 0) is 89.7 Å². The third-order valence-electron chi connectivity index (χ3n) is 16.3. The zero-order chi connectivity index (χ0) is 43.8. The first-order valence-electron chi connectivity index (χ1n) is 22.4. The van der Waals surface area contributed by atoms with Crippen LogP contribution in [0, 0.1) is 11.5 Å². The molecule has 3 aliphatic rings. The summed E-state index contributed by atoms with van der Waals surface area (Å²) in [6, 6.07) is 51.9. The molecule has 4 nitrogen and oxygen atoms in total. The predicted molar refractivity (Wildman–Crippen MR) is 259 cm³/mol. The molecule has 0 saturated heterocycles. The Bertz CT molecular complexity index is 3060. The van der Waals surface area contributed by atoms with E-state index in [0.29, 0.717) is 17.5 Å². The van der Waals surface area contributed by atoms with Gasteiger partial charge in [0.2, 0.25) is 0 Å². The number of nitrogens with zero attached hydrogens (tertiary/aromatic N) is 4. The molecule has 2 heterocycles. The fraction of sp³-hybridized carbons (Fsp3) is 0.254. The summed E-state index contributed by atoms with van der Waals surface area (Å²) in [5.41, 5.74) is 20.1. The minimum absolute atomic E-state index is 0. The normalized spacial score (nSPS) is 17.1. The second-order valence-electron chi connectivity index (χ2n) is 20.7. The van der Waals surface area contributed by atoms with Gasteiger partial charge in [-0.25, -0.2) is 15.0 Å². The average Bonchev–Trinajstić information content (AvgIpc) is 3.71. The molecule has 0 fully saturated rings. The fourth-order valence-electron chi connectivity index (χ4n) is 11.1. The van der Waals surface area contributed by atoms with Gasteiger partial charge in [-0.3, -0.25) is 0 Å². The summed E-state index contributed by atoms with van der Waals surface area (Å²) in [4.78, 5) is 20.6. The number of pyridine rings is 1. The zero-order valence-electron chi connectivity index (χ0n) is 38.4. The molecule has 0 saturated carbocycles. The van der Waals surface area contributed by atoms with E-state index in [0.717, 1.165) is 39.1 Å². The van der Waals surface area contributed by atoms with Gasteiger partial charge in [0.25, 0.3) is 0 Å². The van der Waals surface area contributed by atoms with Crippen molar-refractivity contribution in [1.29, 1.82) is 0 Å². The van der Waals surface area contributed by atoms with Crippen LogP contribution in [-0.2, 0) is 41.8 Å². The van der Waals surface area contributed by atoms with Crippen molar-refractivity contribution in [2.75, 3.05) is 0 Å². The second kappa shape index (κ2) is 14.3. The minimum Gasteiger partial charge on any atom is -0.304 e. The Morgan fingerprint density at radius 2 is 0.828 bits per heavy atom. The molecule has 0 unspecified atom stereocenters. The monoisotopic (exact) mass is 1010 g/mol. The van der Waals surface area contributed by atoms with Crippen LogP contribution in [0.2, 0.25) is 0 Å². The van der Waals surface area contributed by atoms with E-state index >= 15 is 0 Å². The summed E-state index contributed by atoms with van der Waals surface area (Å²) in [6.07, 6.45) is 1.98. The SMILES string of the molecule is CC1(C)c2ccccc2-c2cc(-c3nc(-c4ccc(-c5ccc(-c6[c-]cc7c(c6)C(C)(C)C(C)(C)C7(C)C)nc5)cc4)nc(-c4ccc5c(c4)-c4ccccc4C5(C)C)n3)ccc21.[Ir]. The van der Waals surface area contributed by atoms with Crippen LogP contribution in [0.15, 0.2) is 140 Å². The van der Waals surface area contributed by atoms with Crippen LogP contribution < -0.4 is 0 Å². The molecule has 319 valence electrons. The standard InChI is InChI=1S/C59H53N4.Ir/c1-55(2)45-17-13-11-15-41(45)43-31-38(24-27-47(43)55)53-61-52(62-54(63-53)39-25-28-48-44(32-39)42-16-12-14-18-46(42)56(48,3)4)36-21-19-35(20-22-36)40-26-30-51(60-34-40)37-23-29-49-50(33-37)58(7,8)59(9,10)57(49,5)6;/h11-22,24-34H,1-10H3;/q-1;. The third-order valence-corrected chi connectivity index (χ3v) is 16.3. The quantitative estimate of drug-likeness (QED) is 0.161. The summed E-state index contributed by atoms with van der Waals surface area (Å²) < 4.78 is 0. The fourth-order valence-corrected chi connectivity index (χ4v) is 11.1. The summed E-state index contributed by atoms with van der Waals surface area (Å²) in [7, 11) is 0. The van der Waals surface area contributed by atoms with E-state index in [9.17, 15) is 0 Å². The van der Waals surface area contributed by atoms with Crippen molar-refractivity contribution in [1.82, 2.24) is 19.9 Å². The van der Waals surface area contributed by atoms with E-state index in [1.165, 1.54) is 55.6 Å². The van der Waals surface area contributed by atoms with Gasteiger partial charge in [0, 0.05) is 53.8 Å². The molecular formula is C59H53IrN4-. The molecule has 2 aromatic heterocycles. The van der Waals surface area contributed by atoms with Crippen LogP contribution in [-0.4, -0.2) is 19.9 Å². The Labute approximate surface area is 392 Å². The third kappa shape index (κ3) is 5.96. The van der Waals surface area contributed by atoms with Crippen LogP contribution in [0.4, 0.5) is 0 Å². The van der Waals surface area contributed by atoms with Gasteiger partial charge in [0.15, 0.2) is 17.5 Å². The second-order valence-corrected chi connectivity index (χ2v) is 20.7. The van der Waals surface area contributed by atoms with Crippen LogP contribution in [0.5, 0.6) is 0 Å². The van der Waals surface area contributed by atoms with Crippen LogP contribution in [0.1, 0.15) is 103 Å². The molecule has 1 radical (unpaired) electrons. The first-order chi connectivity index (χ1) is 30.0. The van der Waals surface area contributed by atoms with E-state index in [2.05, 4.69) is 209 Å². The van der Waals surface area contributed by atoms with E-state index in [1.807, 2.05) is 6.20 Å². The Hall–Kier alpha value is -5.87.